The molecule has 5 N–H and O–H groups in total. The molecule has 0 spiro atoms. The first-order valence-corrected chi connectivity index (χ1v) is 6.43. The molecule has 7 nitrogen and oxygen atoms in total. The molecule has 110 valence electrons. The predicted octanol–water partition coefficient (Wildman–Crippen LogP) is -0.748. The molecule has 0 radical (unpaired) electrons. The van der Waals surface area contributed by atoms with E-state index < -0.39 is 24.0 Å². The van der Waals surface area contributed by atoms with Gasteiger partial charge in [0.2, 0.25) is 5.91 Å². The fraction of sp³-hybridized carbons (Fsp3) is 0.750. The summed E-state index contributed by atoms with van der Waals surface area (Å²) in [5.41, 5.74) is 5.65. The predicted molar refractivity (Wildman–Crippen MR) is 70.6 cm³/mol. The second-order valence-corrected chi connectivity index (χ2v) is 4.23. The molecule has 0 heterocycles. The van der Waals surface area contributed by atoms with Crippen molar-refractivity contribution in [3.8, 4) is 0 Å². The van der Waals surface area contributed by atoms with Crippen LogP contribution in [0.1, 0.15) is 33.1 Å². The van der Waals surface area contributed by atoms with Crippen LogP contribution in [-0.2, 0) is 14.4 Å². The molecule has 0 aliphatic heterocycles. The van der Waals surface area contributed by atoms with Gasteiger partial charge in [-0.3, -0.25) is 14.4 Å². The lowest BCUT2D eigenvalue weighted by atomic mass is 10.0. The van der Waals surface area contributed by atoms with Crippen molar-refractivity contribution in [1.82, 2.24) is 10.6 Å². The number of carbonyl (C=O) groups is 3. The Morgan fingerprint density at radius 3 is 2.37 bits per heavy atom. The van der Waals surface area contributed by atoms with E-state index in [2.05, 4.69) is 10.6 Å². The van der Waals surface area contributed by atoms with Gasteiger partial charge in [0.1, 0.15) is 0 Å². The molecule has 0 unspecified atom stereocenters. The summed E-state index contributed by atoms with van der Waals surface area (Å²) in [6.07, 6.45) is 0.161. The molecule has 0 aromatic carbocycles. The van der Waals surface area contributed by atoms with Gasteiger partial charge in [-0.1, -0.05) is 13.8 Å². The Morgan fingerprint density at radius 1 is 1.26 bits per heavy atom. The molecule has 0 aromatic heterocycles. The SMILES string of the molecule is CCNC[C@@H](N)C(=O)N[C@H](CCC(=O)O)C(=O)CC. The number of likely N-dealkylation sites (N-methyl/N-ethyl adjacent to an activating group) is 1. The highest BCUT2D eigenvalue weighted by Crippen LogP contribution is 2.02. The number of carboxylic acid groups (broad SMARTS) is 1. The van der Waals surface area contributed by atoms with E-state index in [1.165, 1.54) is 0 Å². The Bertz CT molecular complexity index is 320. The zero-order chi connectivity index (χ0) is 14.8. The van der Waals surface area contributed by atoms with Crippen molar-refractivity contribution in [1.29, 1.82) is 0 Å². The molecule has 7 heteroatoms. The molecule has 0 aliphatic carbocycles. The number of Topliss-reactive ketones (excluding diaryl/α,β-unsaturated/α-hetero) is 1. The summed E-state index contributed by atoms with van der Waals surface area (Å²) in [5.74, 6) is -1.64. The Hall–Kier alpha value is -1.47. The first kappa shape index (κ1) is 17.5. The van der Waals surface area contributed by atoms with Crippen molar-refractivity contribution in [2.75, 3.05) is 13.1 Å². The highest BCUT2D eigenvalue weighted by Gasteiger charge is 2.22. The third-order valence-electron chi connectivity index (χ3n) is 2.65. The van der Waals surface area contributed by atoms with Crippen molar-refractivity contribution in [2.24, 2.45) is 5.73 Å². The zero-order valence-electron chi connectivity index (χ0n) is 11.4. The van der Waals surface area contributed by atoms with Gasteiger partial charge in [-0.15, -0.1) is 0 Å². The molecule has 0 fully saturated rings. The molecule has 1 amide bonds. The van der Waals surface area contributed by atoms with Gasteiger partial charge in [0.25, 0.3) is 0 Å². The van der Waals surface area contributed by atoms with Gasteiger partial charge in [0, 0.05) is 19.4 Å². The molecule has 0 saturated carbocycles. The Balaban J connectivity index is 4.41. The van der Waals surface area contributed by atoms with E-state index in [4.69, 9.17) is 10.8 Å². The number of ketones is 1. The second-order valence-electron chi connectivity index (χ2n) is 4.23. The lowest BCUT2D eigenvalue weighted by Gasteiger charge is -2.19. The van der Waals surface area contributed by atoms with Crippen LogP contribution in [0.25, 0.3) is 0 Å². The second kappa shape index (κ2) is 9.46. The molecule has 19 heavy (non-hydrogen) atoms. The van der Waals surface area contributed by atoms with E-state index in [0.717, 1.165) is 0 Å². The number of nitrogens with two attached hydrogens (primary N) is 1. The third kappa shape index (κ3) is 7.53. The van der Waals surface area contributed by atoms with E-state index in [1.807, 2.05) is 6.92 Å². The molecule has 0 aliphatic rings. The van der Waals surface area contributed by atoms with Gasteiger partial charge in [0.05, 0.1) is 12.1 Å². The Morgan fingerprint density at radius 2 is 1.89 bits per heavy atom. The van der Waals surface area contributed by atoms with Crippen molar-refractivity contribution in [3.63, 3.8) is 0 Å². The lowest BCUT2D eigenvalue weighted by molar-refractivity contribution is -0.137. The summed E-state index contributed by atoms with van der Waals surface area (Å²) in [6, 6.07) is -1.53. The highest BCUT2D eigenvalue weighted by atomic mass is 16.4. The maximum absolute atomic E-state index is 11.7. The molecule has 0 bridgehead atoms. The quantitative estimate of drug-likeness (QED) is 0.415. The Kier molecular flexibility index (Phi) is 8.73. The van der Waals surface area contributed by atoms with Crippen LogP contribution in [0.4, 0.5) is 0 Å². The van der Waals surface area contributed by atoms with Gasteiger partial charge in [-0.25, -0.2) is 0 Å². The van der Waals surface area contributed by atoms with Crippen LogP contribution < -0.4 is 16.4 Å². The van der Waals surface area contributed by atoms with Gasteiger partial charge < -0.3 is 21.5 Å². The number of hydrogen-bond donors (Lipinski definition) is 4. The minimum absolute atomic E-state index is 0.0850. The molecular weight excluding hydrogens is 250 g/mol. The summed E-state index contributed by atoms with van der Waals surface area (Å²) >= 11 is 0. The minimum atomic E-state index is -1.000. The van der Waals surface area contributed by atoms with Crippen molar-refractivity contribution in [3.05, 3.63) is 0 Å². The average Bonchev–Trinajstić information content (AvgIpc) is 2.39. The van der Waals surface area contributed by atoms with Crippen LogP contribution in [-0.4, -0.2) is 47.9 Å². The smallest absolute Gasteiger partial charge is 0.303 e. The van der Waals surface area contributed by atoms with E-state index in [-0.39, 0.29) is 25.0 Å². The molecular formula is C12H23N3O4. The first-order chi connectivity index (χ1) is 8.92. The van der Waals surface area contributed by atoms with Crippen LogP contribution in [0.3, 0.4) is 0 Å². The van der Waals surface area contributed by atoms with E-state index in [1.54, 1.807) is 6.92 Å². The average molecular weight is 273 g/mol. The van der Waals surface area contributed by atoms with Crippen molar-refractivity contribution in [2.45, 2.75) is 45.2 Å². The lowest BCUT2D eigenvalue weighted by Crippen LogP contribution is -2.51. The molecule has 0 rings (SSSR count). The number of hydrogen-bond acceptors (Lipinski definition) is 5. The first-order valence-electron chi connectivity index (χ1n) is 6.43. The largest absolute Gasteiger partial charge is 0.481 e. The zero-order valence-corrected chi connectivity index (χ0v) is 11.4. The van der Waals surface area contributed by atoms with Crippen LogP contribution in [0.15, 0.2) is 0 Å². The van der Waals surface area contributed by atoms with E-state index >= 15 is 0 Å². The van der Waals surface area contributed by atoms with Crippen LogP contribution >= 0.6 is 0 Å². The van der Waals surface area contributed by atoms with Crippen LogP contribution in [0.5, 0.6) is 0 Å². The maximum Gasteiger partial charge on any atom is 0.303 e. The van der Waals surface area contributed by atoms with Gasteiger partial charge >= 0.3 is 5.97 Å². The number of carbonyl (C=O) groups excluding carboxylic acids is 2. The Labute approximate surface area is 112 Å². The van der Waals surface area contributed by atoms with E-state index in [0.29, 0.717) is 13.1 Å². The standard InChI is InChI=1S/C12H23N3O4/c1-3-10(16)9(5-6-11(17)18)15-12(19)8(13)7-14-4-2/h8-9,14H,3-7,13H2,1-2H3,(H,15,19)(H,17,18)/t8-,9-/m1/s1. The number of amides is 1. The van der Waals surface area contributed by atoms with E-state index in [9.17, 15) is 14.4 Å². The van der Waals surface area contributed by atoms with Gasteiger partial charge in [-0.2, -0.15) is 0 Å². The number of carboxylic acids is 1. The van der Waals surface area contributed by atoms with Crippen LogP contribution in [0.2, 0.25) is 0 Å². The number of rotatable bonds is 10. The monoisotopic (exact) mass is 273 g/mol. The van der Waals surface area contributed by atoms with Gasteiger partial charge in [0.15, 0.2) is 5.78 Å². The van der Waals surface area contributed by atoms with Crippen molar-refractivity contribution >= 4 is 17.7 Å². The molecule has 0 saturated heterocycles. The highest BCUT2D eigenvalue weighted by molar-refractivity contribution is 5.91. The molecule has 2 atom stereocenters. The topological polar surface area (TPSA) is 122 Å². The number of nitrogens with one attached hydrogen (secondary N) is 2. The normalized spacial score (nSPS) is 13.6. The van der Waals surface area contributed by atoms with Gasteiger partial charge in [-0.05, 0) is 13.0 Å². The molecule has 0 aromatic rings. The summed E-state index contributed by atoms with van der Waals surface area (Å²) in [5, 5.41) is 14.1. The van der Waals surface area contributed by atoms with Crippen molar-refractivity contribution < 1.29 is 19.5 Å². The summed E-state index contributed by atoms with van der Waals surface area (Å²) in [7, 11) is 0. The minimum Gasteiger partial charge on any atom is -0.481 e. The summed E-state index contributed by atoms with van der Waals surface area (Å²) < 4.78 is 0. The van der Waals surface area contributed by atoms with Crippen LogP contribution in [0, 0.1) is 0 Å². The summed E-state index contributed by atoms with van der Waals surface area (Å²) in [6.45, 7) is 4.56. The fourth-order valence-corrected chi connectivity index (χ4v) is 1.50. The fourth-order valence-electron chi connectivity index (χ4n) is 1.50. The maximum atomic E-state index is 11.7. The number of aliphatic carboxylic acids is 1. The summed E-state index contributed by atoms with van der Waals surface area (Å²) in [4.78, 5) is 33.9. The third-order valence-corrected chi connectivity index (χ3v) is 2.65.